The molecule has 0 bridgehead atoms. The molecule has 3 aliphatic rings. The van der Waals surface area contributed by atoms with Crippen molar-refractivity contribution in [1.29, 1.82) is 0 Å². The minimum Gasteiger partial charge on any atom is -0.299 e. The first kappa shape index (κ1) is 10.6. The summed E-state index contributed by atoms with van der Waals surface area (Å²) in [5.41, 5.74) is 2.23. The van der Waals surface area contributed by atoms with Crippen molar-refractivity contribution in [3.05, 3.63) is 11.6 Å². The molecule has 0 radical (unpaired) electrons. The van der Waals surface area contributed by atoms with Crippen molar-refractivity contribution in [2.45, 2.75) is 47.0 Å². The molecule has 2 fully saturated rings. The largest absolute Gasteiger partial charge is 0.299 e. The summed E-state index contributed by atoms with van der Waals surface area (Å²) in [4.78, 5) is 12.0. The molecule has 3 aliphatic carbocycles. The second-order valence-electron chi connectivity index (χ2n) is 6.84. The molecule has 3 rings (SSSR count). The number of rotatable bonds is 0. The Balaban J connectivity index is 2.06. The van der Waals surface area contributed by atoms with Gasteiger partial charge in [-0.25, -0.2) is 0 Å². The Morgan fingerprint density at radius 1 is 1.25 bits per heavy atom. The van der Waals surface area contributed by atoms with E-state index in [1.807, 2.05) is 0 Å². The van der Waals surface area contributed by atoms with Gasteiger partial charge in [-0.05, 0) is 30.1 Å². The number of hydrogen-bond acceptors (Lipinski definition) is 1. The molecule has 4 unspecified atom stereocenters. The molecule has 1 nitrogen and oxygen atoms in total. The van der Waals surface area contributed by atoms with Gasteiger partial charge >= 0.3 is 0 Å². The summed E-state index contributed by atoms with van der Waals surface area (Å²) < 4.78 is 0. The Morgan fingerprint density at radius 2 is 1.94 bits per heavy atom. The van der Waals surface area contributed by atoms with Crippen LogP contribution in [0.5, 0.6) is 0 Å². The fraction of sp³-hybridized carbons (Fsp3) is 0.800. The lowest BCUT2D eigenvalue weighted by molar-refractivity contribution is -0.127. The van der Waals surface area contributed by atoms with Crippen LogP contribution in [0.1, 0.15) is 47.0 Å². The van der Waals surface area contributed by atoms with Gasteiger partial charge in [0.15, 0.2) is 0 Å². The van der Waals surface area contributed by atoms with E-state index >= 15 is 0 Å². The predicted octanol–water partition coefficient (Wildman–Crippen LogP) is 3.59. The Hall–Kier alpha value is -0.590. The summed E-state index contributed by atoms with van der Waals surface area (Å²) in [5, 5.41) is 0. The van der Waals surface area contributed by atoms with Crippen LogP contribution in [0.3, 0.4) is 0 Å². The molecular weight excluding hydrogens is 196 g/mol. The number of Topliss-reactive ketones (excluding diaryl/α,β-unsaturated/α-hetero) is 1. The van der Waals surface area contributed by atoms with Gasteiger partial charge in [-0.2, -0.15) is 0 Å². The van der Waals surface area contributed by atoms with Crippen LogP contribution in [0.4, 0.5) is 0 Å². The van der Waals surface area contributed by atoms with Crippen LogP contribution in [0, 0.1) is 28.6 Å². The molecule has 2 saturated carbocycles. The van der Waals surface area contributed by atoms with Crippen molar-refractivity contribution < 1.29 is 4.79 Å². The zero-order chi connectivity index (χ0) is 11.7. The standard InChI is InChI=1S/C15H22O/c1-9-12(16)8-6-10-5-7-11-13(14(11,2)3)15(9,10)4/h5,9,11,13H,6-8H2,1-4H3. The second kappa shape index (κ2) is 2.80. The molecule has 0 aromatic heterocycles. The van der Waals surface area contributed by atoms with Crippen molar-refractivity contribution in [2.75, 3.05) is 0 Å². The van der Waals surface area contributed by atoms with Crippen LogP contribution in [-0.2, 0) is 4.79 Å². The maximum absolute atomic E-state index is 12.0. The van der Waals surface area contributed by atoms with Crippen molar-refractivity contribution in [1.82, 2.24) is 0 Å². The molecule has 0 aromatic carbocycles. The van der Waals surface area contributed by atoms with Crippen LogP contribution in [0.2, 0.25) is 0 Å². The Morgan fingerprint density at radius 3 is 2.62 bits per heavy atom. The van der Waals surface area contributed by atoms with Gasteiger partial charge in [-0.1, -0.05) is 39.3 Å². The monoisotopic (exact) mass is 218 g/mol. The number of ketones is 1. The molecule has 0 heterocycles. The molecule has 0 amide bonds. The van der Waals surface area contributed by atoms with Gasteiger partial charge in [0.2, 0.25) is 0 Å². The van der Waals surface area contributed by atoms with E-state index in [-0.39, 0.29) is 11.3 Å². The van der Waals surface area contributed by atoms with E-state index in [2.05, 4.69) is 33.8 Å². The minimum absolute atomic E-state index is 0.182. The summed E-state index contributed by atoms with van der Waals surface area (Å²) in [6.07, 6.45) is 5.52. The average Bonchev–Trinajstić information content (AvgIpc) is 2.78. The van der Waals surface area contributed by atoms with Crippen LogP contribution in [0.15, 0.2) is 11.6 Å². The van der Waals surface area contributed by atoms with E-state index in [0.717, 1.165) is 24.7 Å². The third-order valence-electron chi connectivity index (χ3n) is 6.03. The third-order valence-corrected chi connectivity index (χ3v) is 6.03. The normalized spacial score (nSPS) is 49.1. The highest BCUT2D eigenvalue weighted by Crippen LogP contribution is 2.73. The molecule has 0 N–H and O–H groups in total. The van der Waals surface area contributed by atoms with Crippen molar-refractivity contribution in [3.8, 4) is 0 Å². The van der Waals surface area contributed by atoms with Crippen LogP contribution in [-0.4, -0.2) is 5.78 Å². The van der Waals surface area contributed by atoms with Gasteiger partial charge in [-0.3, -0.25) is 4.79 Å². The first-order valence-corrected chi connectivity index (χ1v) is 6.62. The van der Waals surface area contributed by atoms with Gasteiger partial charge in [0.1, 0.15) is 5.78 Å². The summed E-state index contributed by atoms with van der Waals surface area (Å²) in [6.45, 7) is 9.28. The van der Waals surface area contributed by atoms with Gasteiger partial charge < -0.3 is 0 Å². The maximum Gasteiger partial charge on any atom is 0.136 e. The summed E-state index contributed by atoms with van der Waals surface area (Å²) in [7, 11) is 0. The molecule has 1 heteroatoms. The average molecular weight is 218 g/mol. The lowest BCUT2D eigenvalue weighted by Crippen LogP contribution is -2.41. The fourth-order valence-corrected chi connectivity index (χ4v) is 4.79. The molecule has 16 heavy (non-hydrogen) atoms. The summed E-state index contributed by atoms with van der Waals surface area (Å²) in [5.74, 6) is 2.30. The smallest absolute Gasteiger partial charge is 0.136 e. The Kier molecular flexibility index (Phi) is 1.85. The van der Waals surface area contributed by atoms with Gasteiger partial charge in [0, 0.05) is 17.8 Å². The summed E-state index contributed by atoms with van der Waals surface area (Å²) in [6, 6.07) is 0. The van der Waals surface area contributed by atoms with E-state index in [1.54, 1.807) is 5.57 Å². The first-order valence-electron chi connectivity index (χ1n) is 6.62. The zero-order valence-electron chi connectivity index (χ0n) is 10.8. The number of carbonyl (C=O) groups is 1. The molecule has 0 aliphatic heterocycles. The molecule has 0 spiro atoms. The highest BCUT2D eigenvalue weighted by atomic mass is 16.1. The van der Waals surface area contributed by atoms with Gasteiger partial charge in [0.25, 0.3) is 0 Å². The van der Waals surface area contributed by atoms with Crippen LogP contribution in [0.25, 0.3) is 0 Å². The first-order chi connectivity index (χ1) is 7.40. The number of fused-ring (bicyclic) bond motifs is 3. The van der Waals surface area contributed by atoms with E-state index in [4.69, 9.17) is 0 Å². The Labute approximate surface area is 98.3 Å². The SMILES string of the molecule is CC1C(=O)CCC2=CCC3C(C3(C)C)C21C. The Bertz CT molecular complexity index is 390. The number of carbonyl (C=O) groups excluding carboxylic acids is 1. The van der Waals surface area contributed by atoms with Gasteiger partial charge in [-0.15, -0.1) is 0 Å². The minimum atomic E-state index is 0.182. The zero-order valence-corrected chi connectivity index (χ0v) is 10.8. The van der Waals surface area contributed by atoms with E-state index < -0.39 is 0 Å². The van der Waals surface area contributed by atoms with Crippen LogP contribution < -0.4 is 0 Å². The van der Waals surface area contributed by atoms with Gasteiger partial charge in [0.05, 0.1) is 0 Å². The van der Waals surface area contributed by atoms with E-state index in [1.165, 1.54) is 6.42 Å². The van der Waals surface area contributed by atoms with E-state index in [0.29, 0.717) is 11.2 Å². The lowest BCUT2D eigenvalue weighted by atomic mass is 9.59. The maximum atomic E-state index is 12.0. The topological polar surface area (TPSA) is 17.1 Å². The second-order valence-corrected chi connectivity index (χ2v) is 6.84. The van der Waals surface area contributed by atoms with Crippen molar-refractivity contribution >= 4 is 5.78 Å². The van der Waals surface area contributed by atoms with E-state index in [9.17, 15) is 4.79 Å². The lowest BCUT2D eigenvalue weighted by Gasteiger charge is -2.44. The summed E-state index contributed by atoms with van der Waals surface area (Å²) >= 11 is 0. The molecule has 88 valence electrons. The van der Waals surface area contributed by atoms with Crippen LogP contribution >= 0.6 is 0 Å². The third kappa shape index (κ3) is 1.00. The van der Waals surface area contributed by atoms with Crippen molar-refractivity contribution in [2.24, 2.45) is 28.6 Å². The number of allylic oxidation sites excluding steroid dienone is 2. The molecular formula is C15H22O. The molecule has 0 saturated heterocycles. The highest BCUT2D eigenvalue weighted by Gasteiger charge is 2.68. The molecule has 0 aromatic rings. The fourth-order valence-electron chi connectivity index (χ4n) is 4.79. The number of hydrogen-bond donors (Lipinski definition) is 0. The quantitative estimate of drug-likeness (QED) is 0.568. The highest BCUT2D eigenvalue weighted by molar-refractivity contribution is 5.84. The predicted molar refractivity (Wildman–Crippen MR) is 65.0 cm³/mol. The van der Waals surface area contributed by atoms with Crippen molar-refractivity contribution in [3.63, 3.8) is 0 Å². The molecule has 4 atom stereocenters.